The first-order chi connectivity index (χ1) is 33.3. The van der Waals surface area contributed by atoms with E-state index in [2.05, 4.69) is 182 Å². The highest BCUT2D eigenvalue weighted by Crippen LogP contribution is 2.32. The summed E-state index contributed by atoms with van der Waals surface area (Å²) < 4.78 is 4.85. The number of aryl methyl sites for hydroxylation is 4. The van der Waals surface area contributed by atoms with Crippen molar-refractivity contribution in [3.05, 3.63) is 213 Å². The summed E-state index contributed by atoms with van der Waals surface area (Å²) >= 11 is 0. The lowest BCUT2D eigenvalue weighted by Crippen LogP contribution is -2.78. The van der Waals surface area contributed by atoms with Crippen LogP contribution < -0.4 is 76.4 Å². The van der Waals surface area contributed by atoms with Gasteiger partial charge in [-0.3, -0.25) is 9.59 Å². The minimum absolute atomic E-state index is 0.0143. The Bertz CT molecular complexity index is 3990. The fourth-order valence-corrected chi connectivity index (χ4v) is 14.0. The van der Waals surface area contributed by atoms with Crippen LogP contribution in [0.5, 0.6) is 0 Å². The number of para-hydroxylation sites is 2. The summed E-state index contributed by atoms with van der Waals surface area (Å²) in [6.07, 6.45) is 0. The van der Waals surface area contributed by atoms with E-state index in [4.69, 9.17) is 0 Å². The zero-order valence-corrected chi connectivity index (χ0v) is 38.2. The van der Waals surface area contributed by atoms with E-state index in [0.717, 1.165) is 44.2 Å². The van der Waals surface area contributed by atoms with E-state index in [9.17, 15) is 9.59 Å². The van der Waals surface area contributed by atoms with Crippen molar-refractivity contribution in [3.63, 3.8) is 0 Å². The standard InChI is InChI=1S/C60H40B4N2O2/c1-33-15-13-16-34(2)53(33)61-41-21-7-9-23-43(41)63-47-31-48-52(32-51(47)65-49-25-11-5-19-37(49)59(67)39-27-29-45(61)55(63)57(39)65)66-50-26-12-6-20-38(50)60(68)40-28-30-46-56(58(40)66)64(48)44-24-10-8-22-42(44)62(46)54-35(3)17-14-18-36(54)4/h5-32H,1-4H3. The van der Waals surface area contributed by atoms with Crippen LogP contribution in [-0.2, 0) is 0 Å². The molecule has 9 aromatic carbocycles. The molecule has 0 saturated heterocycles. The van der Waals surface area contributed by atoms with Gasteiger partial charge in [-0.05, 0) is 92.0 Å². The first-order valence-electron chi connectivity index (χ1n) is 24.0. The van der Waals surface area contributed by atoms with Crippen LogP contribution >= 0.6 is 0 Å². The van der Waals surface area contributed by atoms with Crippen LogP contribution in [0.4, 0.5) is 0 Å². The van der Waals surface area contributed by atoms with E-state index in [1.165, 1.54) is 87.8 Å². The molecule has 4 aliphatic heterocycles. The Morgan fingerprint density at radius 1 is 0.309 bits per heavy atom. The maximum absolute atomic E-state index is 14.9. The number of fused-ring (bicyclic) bond motifs is 14. The highest BCUT2D eigenvalue weighted by molar-refractivity contribution is 7.14. The lowest BCUT2D eigenvalue weighted by molar-refractivity contribution is 1.13. The number of hydrogen-bond donors (Lipinski definition) is 0. The van der Waals surface area contributed by atoms with E-state index in [0.29, 0.717) is 10.8 Å². The van der Waals surface area contributed by atoms with Gasteiger partial charge in [0.05, 0.1) is 22.1 Å². The average molecular weight is 864 g/mol. The summed E-state index contributed by atoms with van der Waals surface area (Å²) in [5, 5.41) is 2.88. The molecule has 0 atom stereocenters. The molecule has 0 saturated carbocycles. The molecular formula is C60H40B4N2O2. The van der Waals surface area contributed by atoms with Crippen LogP contribution in [0.3, 0.4) is 0 Å². The van der Waals surface area contributed by atoms with Crippen molar-refractivity contribution in [3.8, 4) is 11.4 Å². The SMILES string of the molecule is Cc1cccc(C)c1B1c2ccccc2B2c3cc4c(cc3-n3c5ccccc5c(=O)c5ccc1c2c53)-n1c2ccccc2c(=O)c2ccc3c(c21)B4c1ccccc1B3c1c(C)cccc1C. The Labute approximate surface area is 394 Å². The van der Waals surface area contributed by atoms with E-state index in [1.54, 1.807) is 0 Å². The van der Waals surface area contributed by atoms with Gasteiger partial charge in [-0.25, -0.2) is 0 Å². The predicted molar refractivity (Wildman–Crippen MR) is 291 cm³/mol. The molecular weight excluding hydrogens is 824 g/mol. The minimum Gasteiger partial charge on any atom is -0.310 e. The summed E-state index contributed by atoms with van der Waals surface area (Å²) in [5.41, 5.74) is 26.3. The third kappa shape index (κ3) is 4.65. The van der Waals surface area contributed by atoms with Crippen LogP contribution in [0, 0.1) is 27.7 Å². The molecule has 15 rings (SSSR count). The molecule has 0 fully saturated rings. The van der Waals surface area contributed by atoms with Crippen molar-refractivity contribution in [2.45, 2.75) is 27.7 Å². The van der Waals surface area contributed by atoms with Crippen molar-refractivity contribution >= 4 is 136 Å². The zero-order valence-electron chi connectivity index (χ0n) is 38.2. The fourth-order valence-electron chi connectivity index (χ4n) is 14.0. The number of aromatic nitrogens is 2. The van der Waals surface area contributed by atoms with Crippen molar-refractivity contribution < 1.29 is 0 Å². The number of rotatable bonds is 2. The maximum Gasteiger partial charge on any atom is 0.245 e. The second-order valence-electron chi connectivity index (χ2n) is 19.9. The zero-order chi connectivity index (χ0) is 45.4. The van der Waals surface area contributed by atoms with Crippen molar-refractivity contribution in [2.75, 3.05) is 0 Å². The van der Waals surface area contributed by atoms with Gasteiger partial charge < -0.3 is 9.13 Å². The van der Waals surface area contributed by atoms with E-state index < -0.39 is 0 Å². The normalized spacial score (nSPS) is 13.6. The fraction of sp³-hybridized carbons (Fsp3) is 0.0667. The largest absolute Gasteiger partial charge is 0.310 e. The minimum atomic E-state index is -0.144. The Hall–Kier alpha value is -7.82. The third-order valence-corrected chi connectivity index (χ3v) is 16.6. The van der Waals surface area contributed by atoms with E-state index in [-0.39, 0.29) is 37.7 Å². The quantitative estimate of drug-likeness (QED) is 0.198. The Balaban J connectivity index is 1.14. The van der Waals surface area contributed by atoms with Crippen LogP contribution in [0.2, 0.25) is 0 Å². The Kier molecular flexibility index (Phi) is 7.56. The molecule has 11 aromatic rings. The van der Waals surface area contributed by atoms with Gasteiger partial charge >= 0.3 is 0 Å². The first-order valence-corrected chi connectivity index (χ1v) is 24.0. The van der Waals surface area contributed by atoms with Crippen LogP contribution in [0.1, 0.15) is 22.3 Å². The summed E-state index contributed by atoms with van der Waals surface area (Å²) in [7, 11) is 0. The molecule has 0 amide bonds. The number of hydrogen-bond acceptors (Lipinski definition) is 2. The predicted octanol–water partition coefficient (Wildman–Crippen LogP) is 3.15. The highest BCUT2D eigenvalue weighted by atomic mass is 16.1. The molecule has 6 heterocycles. The second kappa shape index (κ2) is 13.4. The highest BCUT2D eigenvalue weighted by Gasteiger charge is 2.48. The van der Waals surface area contributed by atoms with Crippen molar-refractivity contribution in [1.29, 1.82) is 0 Å². The summed E-state index contributed by atoms with van der Waals surface area (Å²) in [4.78, 5) is 29.8. The third-order valence-electron chi connectivity index (χ3n) is 16.6. The van der Waals surface area contributed by atoms with Gasteiger partial charge in [-0.1, -0.05) is 193 Å². The van der Waals surface area contributed by atoms with Gasteiger partial charge in [0.15, 0.2) is 10.9 Å². The summed E-state index contributed by atoms with van der Waals surface area (Å²) in [6, 6.07) is 61.5. The summed E-state index contributed by atoms with van der Waals surface area (Å²) in [6.45, 7) is 8.65. The van der Waals surface area contributed by atoms with Crippen LogP contribution in [0.25, 0.3) is 55.0 Å². The molecule has 0 bridgehead atoms. The second-order valence-corrected chi connectivity index (χ2v) is 19.9. The molecule has 8 heteroatoms. The van der Waals surface area contributed by atoms with Crippen molar-refractivity contribution in [1.82, 2.24) is 9.13 Å². The first kappa shape index (κ1) is 38.3. The van der Waals surface area contributed by atoms with Crippen LogP contribution in [0.15, 0.2) is 179 Å². The van der Waals surface area contributed by atoms with Gasteiger partial charge in [-0.2, -0.15) is 0 Å². The smallest absolute Gasteiger partial charge is 0.245 e. The van der Waals surface area contributed by atoms with Gasteiger partial charge in [0.1, 0.15) is 0 Å². The molecule has 4 aliphatic rings. The average Bonchev–Trinajstić information content (AvgIpc) is 3.36. The van der Waals surface area contributed by atoms with Gasteiger partial charge in [0.2, 0.25) is 26.9 Å². The Morgan fingerprint density at radius 3 is 1.06 bits per heavy atom. The molecule has 0 unspecified atom stereocenters. The molecule has 0 radical (unpaired) electrons. The van der Waals surface area contributed by atoms with Gasteiger partial charge in [0.25, 0.3) is 0 Å². The molecule has 4 nitrogen and oxygen atoms in total. The molecule has 314 valence electrons. The lowest BCUT2D eigenvalue weighted by Gasteiger charge is -2.41. The summed E-state index contributed by atoms with van der Waals surface area (Å²) in [5.74, 6) is 0. The van der Waals surface area contributed by atoms with E-state index in [1.807, 2.05) is 24.3 Å². The maximum atomic E-state index is 14.9. The monoisotopic (exact) mass is 864 g/mol. The van der Waals surface area contributed by atoms with E-state index >= 15 is 0 Å². The topological polar surface area (TPSA) is 44.0 Å². The van der Waals surface area contributed by atoms with Gasteiger partial charge in [-0.15, -0.1) is 0 Å². The van der Waals surface area contributed by atoms with Crippen molar-refractivity contribution in [2.24, 2.45) is 0 Å². The molecule has 68 heavy (non-hydrogen) atoms. The molecule has 0 aliphatic carbocycles. The number of pyridine rings is 2. The molecule has 0 spiro atoms. The molecule has 0 N–H and O–H groups in total. The van der Waals surface area contributed by atoms with Gasteiger partial charge in [0, 0.05) is 32.9 Å². The Morgan fingerprint density at radius 2 is 0.662 bits per heavy atom. The molecule has 2 aromatic heterocycles. The lowest BCUT2D eigenvalue weighted by atomic mass is 9.18. The number of nitrogens with zero attached hydrogens (tertiary/aromatic N) is 2. The van der Waals surface area contributed by atoms with Crippen LogP contribution in [-0.4, -0.2) is 36.0 Å². The number of benzene rings is 9.